The van der Waals surface area contributed by atoms with E-state index in [9.17, 15) is 19.2 Å². The third kappa shape index (κ3) is 7.96. The van der Waals surface area contributed by atoms with Gasteiger partial charge in [0.25, 0.3) is 5.91 Å². The van der Waals surface area contributed by atoms with Gasteiger partial charge in [-0.25, -0.2) is 4.79 Å². The first-order valence-corrected chi connectivity index (χ1v) is 11.3. The van der Waals surface area contributed by atoms with Gasteiger partial charge in [-0.1, -0.05) is 56.3 Å². The summed E-state index contributed by atoms with van der Waals surface area (Å²) in [7, 11) is 0. The Hall–Kier alpha value is -4.20. The third-order valence-electron chi connectivity index (χ3n) is 4.91. The molecule has 0 radical (unpaired) electrons. The Morgan fingerprint density at radius 3 is 2.34 bits per heavy atom. The van der Waals surface area contributed by atoms with Crippen molar-refractivity contribution in [2.45, 2.75) is 26.7 Å². The Bertz CT molecular complexity index is 1220. The second-order valence-corrected chi connectivity index (χ2v) is 8.36. The van der Waals surface area contributed by atoms with Crippen molar-refractivity contribution in [3.8, 4) is 0 Å². The molecule has 8 heteroatoms. The number of carbonyl (C=O) groups excluding carboxylic acids is 4. The van der Waals surface area contributed by atoms with Crippen LogP contribution in [0.15, 0.2) is 66.7 Å². The monoisotopic (exact) mass is 476 g/mol. The molecule has 0 bridgehead atoms. The summed E-state index contributed by atoms with van der Waals surface area (Å²) >= 11 is 0. The van der Waals surface area contributed by atoms with Gasteiger partial charge in [0.1, 0.15) is 0 Å². The summed E-state index contributed by atoms with van der Waals surface area (Å²) in [6, 6.07) is 19.5. The molecule has 3 rings (SSSR count). The number of carbonyl (C=O) groups is 4. The van der Waals surface area contributed by atoms with Crippen molar-refractivity contribution < 1.29 is 28.7 Å². The topological polar surface area (TPSA) is 111 Å². The van der Waals surface area contributed by atoms with E-state index in [4.69, 9.17) is 9.47 Å². The standard InChI is InChI=1S/C27H28N2O6/c1-18(2)16-35-27(33)20-9-5-10-21(15-20)28-24(30)13-14-26(32)34-17-25(31)29-23-12-6-8-19-7-3-4-11-22(19)23/h3-12,15,18H,13-14,16-17H2,1-2H3,(H,28,30)(H,29,31). The number of amides is 2. The molecular formula is C27H28N2O6. The summed E-state index contributed by atoms with van der Waals surface area (Å²) in [5.41, 5.74) is 1.36. The number of hydrogen-bond donors (Lipinski definition) is 2. The summed E-state index contributed by atoms with van der Waals surface area (Å²) in [6.45, 7) is 3.72. The van der Waals surface area contributed by atoms with Gasteiger partial charge in [-0.15, -0.1) is 0 Å². The van der Waals surface area contributed by atoms with Crippen LogP contribution < -0.4 is 10.6 Å². The lowest BCUT2D eigenvalue weighted by molar-refractivity contribution is -0.147. The van der Waals surface area contributed by atoms with Gasteiger partial charge in [0.05, 0.1) is 18.6 Å². The third-order valence-corrected chi connectivity index (χ3v) is 4.91. The number of anilines is 2. The molecule has 0 aliphatic rings. The summed E-state index contributed by atoms with van der Waals surface area (Å²) in [5.74, 6) is -1.82. The van der Waals surface area contributed by atoms with Crippen LogP contribution in [0.5, 0.6) is 0 Å². The van der Waals surface area contributed by atoms with Crippen molar-refractivity contribution in [3.63, 3.8) is 0 Å². The van der Waals surface area contributed by atoms with Gasteiger partial charge >= 0.3 is 11.9 Å². The molecule has 0 saturated carbocycles. The Morgan fingerprint density at radius 2 is 1.54 bits per heavy atom. The molecule has 3 aromatic carbocycles. The first-order chi connectivity index (χ1) is 16.8. The average molecular weight is 477 g/mol. The maximum absolute atomic E-state index is 12.2. The van der Waals surface area contributed by atoms with Crippen molar-refractivity contribution >= 4 is 45.9 Å². The maximum atomic E-state index is 12.2. The second-order valence-electron chi connectivity index (χ2n) is 8.36. The highest BCUT2D eigenvalue weighted by Crippen LogP contribution is 2.22. The van der Waals surface area contributed by atoms with E-state index in [-0.39, 0.29) is 18.8 Å². The maximum Gasteiger partial charge on any atom is 0.338 e. The lowest BCUT2D eigenvalue weighted by Gasteiger charge is -2.10. The molecule has 35 heavy (non-hydrogen) atoms. The minimum Gasteiger partial charge on any atom is -0.462 e. The molecule has 0 unspecified atom stereocenters. The molecule has 182 valence electrons. The molecule has 0 spiro atoms. The number of rotatable bonds is 10. The Balaban J connectivity index is 1.42. The van der Waals surface area contributed by atoms with Gasteiger partial charge in [0, 0.05) is 23.2 Å². The average Bonchev–Trinajstić information content (AvgIpc) is 2.85. The minimum atomic E-state index is -0.667. The van der Waals surface area contributed by atoms with E-state index < -0.39 is 30.4 Å². The predicted molar refractivity (Wildman–Crippen MR) is 133 cm³/mol. The Labute approximate surface area is 203 Å². The largest absolute Gasteiger partial charge is 0.462 e. The van der Waals surface area contributed by atoms with E-state index in [0.29, 0.717) is 23.5 Å². The van der Waals surface area contributed by atoms with Crippen LogP contribution in [0, 0.1) is 5.92 Å². The number of hydrogen-bond acceptors (Lipinski definition) is 6. The van der Waals surface area contributed by atoms with Gasteiger partial charge in [-0.05, 0) is 35.6 Å². The highest BCUT2D eigenvalue weighted by molar-refractivity contribution is 6.03. The van der Waals surface area contributed by atoms with Crippen LogP contribution in [0.4, 0.5) is 11.4 Å². The van der Waals surface area contributed by atoms with Gasteiger partial charge < -0.3 is 20.1 Å². The van der Waals surface area contributed by atoms with E-state index in [1.807, 2.05) is 50.2 Å². The fourth-order valence-corrected chi connectivity index (χ4v) is 3.23. The highest BCUT2D eigenvalue weighted by atomic mass is 16.5. The molecule has 0 aliphatic carbocycles. The van der Waals surface area contributed by atoms with E-state index in [1.54, 1.807) is 24.3 Å². The zero-order valence-corrected chi connectivity index (χ0v) is 19.7. The van der Waals surface area contributed by atoms with Gasteiger partial charge in [-0.2, -0.15) is 0 Å². The molecule has 2 amide bonds. The van der Waals surface area contributed by atoms with E-state index >= 15 is 0 Å². The zero-order valence-electron chi connectivity index (χ0n) is 19.7. The lowest BCUT2D eigenvalue weighted by atomic mass is 10.1. The number of nitrogens with one attached hydrogen (secondary N) is 2. The zero-order chi connectivity index (χ0) is 25.2. The molecule has 0 aliphatic heterocycles. The van der Waals surface area contributed by atoms with Crippen molar-refractivity contribution in [2.24, 2.45) is 5.92 Å². The first-order valence-electron chi connectivity index (χ1n) is 11.3. The van der Waals surface area contributed by atoms with E-state index in [0.717, 1.165) is 10.8 Å². The van der Waals surface area contributed by atoms with Crippen LogP contribution in [-0.4, -0.2) is 37.0 Å². The molecule has 0 atom stereocenters. The SMILES string of the molecule is CC(C)COC(=O)c1cccc(NC(=O)CCC(=O)OCC(=O)Nc2cccc3ccccc23)c1. The molecule has 8 nitrogen and oxygen atoms in total. The summed E-state index contributed by atoms with van der Waals surface area (Å²) in [4.78, 5) is 48.5. The Morgan fingerprint density at radius 1 is 0.800 bits per heavy atom. The molecule has 0 aromatic heterocycles. The first kappa shape index (κ1) is 25.4. The molecule has 2 N–H and O–H groups in total. The second kappa shape index (κ2) is 12.3. The van der Waals surface area contributed by atoms with Crippen LogP contribution in [0.2, 0.25) is 0 Å². The van der Waals surface area contributed by atoms with Crippen molar-refractivity contribution in [3.05, 3.63) is 72.3 Å². The predicted octanol–water partition coefficient (Wildman–Crippen LogP) is 4.55. The van der Waals surface area contributed by atoms with Gasteiger partial charge in [0.2, 0.25) is 5.91 Å². The number of benzene rings is 3. The number of fused-ring (bicyclic) bond motifs is 1. The normalized spacial score (nSPS) is 10.6. The number of ether oxygens (including phenoxy) is 2. The summed E-state index contributed by atoms with van der Waals surface area (Å²) in [5, 5.41) is 7.23. The van der Waals surface area contributed by atoms with Crippen molar-refractivity contribution in [2.75, 3.05) is 23.8 Å². The summed E-state index contributed by atoms with van der Waals surface area (Å²) in [6.07, 6.45) is -0.324. The van der Waals surface area contributed by atoms with E-state index in [2.05, 4.69) is 10.6 Å². The number of esters is 2. The van der Waals surface area contributed by atoms with Crippen LogP contribution in [0.1, 0.15) is 37.0 Å². The molecule has 3 aromatic rings. The highest BCUT2D eigenvalue weighted by Gasteiger charge is 2.13. The van der Waals surface area contributed by atoms with Crippen molar-refractivity contribution in [1.82, 2.24) is 0 Å². The van der Waals surface area contributed by atoms with Crippen LogP contribution >= 0.6 is 0 Å². The Kier molecular flexibility index (Phi) is 8.95. The van der Waals surface area contributed by atoms with Crippen molar-refractivity contribution in [1.29, 1.82) is 0 Å². The quantitative estimate of drug-likeness (QED) is 0.415. The van der Waals surface area contributed by atoms with E-state index in [1.165, 1.54) is 6.07 Å². The molecule has 0 fully saturated rings. The smallest absolute Gasteiger partial charge is 0.338 e. The van der Waals surface area contributed by atoms with Crippen LogP contribution in [0.3, 0.4) is 0 Å². The summed E-state index contributed by atoms with van der Waals surface area (Å²) < 4.78 is 10.2. The molecule has 0 heterocycles. The van der Waals surface area contributed by atoms with Crippen LogP contribution in [-0.2, 0) is 23.9 Å². The molecule has 0 saturated heterocycles. The van der Waals surface area contributed by atoms with Gasteiger partial charge in [-0.3, -0.25) is 14.4 Å². The van der Waals surface area contributed by atoms with Gasteiger partial charge in [0.15, 0.2) is 6.61 Å². The fraction of sp³-hybridized carbons (Fsp3) is 0.259. The fourth-order valence-electron chi connectivity index (χ4n) is 3.23. The van der Waals surface area contributed by atoms with Crippen LogP contribution in [0.25, 0.3) is 10.8 Å². The minimum absolute atomic E-state index is 0.133. The lowest BCUT2D eigenvalue weighted by Crippen LogP contribution is -2.22. The molecular weight excluding hydrogens is 448 g/mol.